The van der Waals surface area contributed by atoms with Gasteiger partial charge >= 0.3 is 0 Å². The Bertz CT molecular complexity index is 435. The van der Waals surface area contributed by atoms with Gasteiger partial charge in [0.25, 0.3) is 0 Å². The van der Waals surface area contributed by atoms with Gasteiger partial charge in [0.2, 0.25) is 5.91 Å². The van der Waals surface area contributed by atoms with Crippen molar-refractivity contribution < 1.29 is 4.79 Å². The van der Waals surface area contributed by atoms with Gasteiger partial charge in [-0.15, -0.1) is 0 Å². The van der Waals surface area contributed by atoms with Crippen LogP contribution in [-0.4, -0.2) is 18.5 Å². The number of nitrogens with one attached hydrogen (secondary N) is 2. The molecule has 3 nitrogen and oxygen atoms in total. The molecule has 0 fully saturated rings. The zero-order valence-corrected chi connectivity index (χ0v) is 12.3. The summed E-state index contributed by atoms with van der Waals surface area (Å²) in [6.07, 6.45) is 0.912. The van der Waals surface area contributed by atoms with E-state index in [2.05, 4.69) is 10.6 Å². The van der Waals surface area contributed by atoms with Crippen LogP contribution < -0.4 is 10.6 Å². The molecule has 0 aliphatic heterocycles. The van der Waals surface area contributed by atoms with Gasteiger partial charge in [-0.1, -0.05) is 30.1 Å². The highest BCUT2D eigenvalue weighted by Crippen LogP contribution is 2.29. The second kappa shape index (κ2) is 6.86. The lowest BCUT2D eigenvalue weighted by molar-refractivity contribution is -0.121. The Labute approximate surface area is 118 Å². The molecule has 18 heavy (non-hydrogen) atoms. The molecule has 100 valence electrons. The van der Waals surface area contributed by atoms with Gasteiger partial charge in [0, 0.05) is 11.6 Å². The van der Waals surface area contributed by atoms with Gasteiger partial charge in [-0.3, -0.25) is 4.79 Å². The number of carbonyl (C=O) groups excluding carboxylic acids is 1. The van der Waals surface area contributed by atoms with Gasteiger partial charge in [-0.25, -0.2) is 0 Å². The van der Waals surface area contributed by atoms with Crippen LogP contribution in [0.1, 0.15) is 25.8 Å². The Morgan fingerprint density at radius 3 is 2.61 bits per heavy atom. The summed E-state index contributed by atoms with van der Waals surface area (Å²) < 4.78 is 0. The molecule has 0 aliphatic carbocycles. The minimum absolute atomic E-state index is 0.0513. The SMILES string of the molecule is CCCNC(=O)C(C)Nc1cc(Cl)c(C)cc1Cl. The monoisotopic (exact) mass is 288 g/mol. The molecule has 0 saturated carbocycles. The third-order valence-electron chi connectivity index (χ3n) is 2.56. The number of benzene rings is 1. The van der Waals surface area contributed by atoms with Crippen LogP contribution in [0.25, 0.3) is 0 Å². The van der Waals surface area contributed by atoms with Crippen molar-refractivity contribution >= 4 is 34.8 Å². The van der Waals surface area contributed by atoms with Gasteiger partial charge in [0.05, 0.1) is 10.7 Å². The predicted octanol–water partition coefficient (Wildman–Crippen LogP) is 3.63. The summed E-state index contributed by atoms with van der Waals surface area (Å²) in [5.41, 5.74) is 1.58. The molecule has 1 amide bonds. The molecule has 0 spiro atoms. The number of amides is 1. The minimum atomic E-state index is -0.354. The summed E-state index contributed by atoms with van der Waals surface area (Å²) in [7, 11) is 0. The van der Waals surface area contributed by atoms with Gasteiger partial charge < -0.3 is 10.6 Å². The van der Waals surface area contributed by atoms with Crippen LogP contribution in [0.15, 0.2) is 12.1 Å². The fourth-order valence-corrected chi connectivity index (χ4v) is 1.89. The fourth-order valence-electron chi connectivity index (χ4n) is 1.46. The van der Waals surface area contributed by atoms with E-state index >= 15 is 0 Å². The Kier molecular flexibility index (Phi) is 5.76. The quantitative estimate of drug-likeness (QED) is 0.869. The zero-order chi connectivity index (χ0) is 13.7. The third-order valence-corrected chi connectivity index (χ3v) is 3.28. The maximum Gasteiger partial charge on any atom is 0.242 e. The molecule has 0 saturated heterocycles. The Hall–Kier alpha value is -0.930. The van der Waals surface area contributed by atoms with Crippen LogP contribution >= 0.6 is 23.2 Å². The van der Waals surface area contributed by atoms with Crippen LogP contribution in [0, 0.1) is 6.92 Å². The Morgan fingerprint density at radius 1 is 1.33 bits per heavy atom. The second-order valence-corrected chi connectivity index (χ2v) is 5.05. The molecule has 0 heterocycles. The molecule has 1 aromatic rings. The standard InChI is InChI=1S/C13H18Cl2N2O/c1-4-5-16-13(18)9(3)17-12-7-10(14)8(2)6-11(12)15/h6-7,9,17H,4-5H2,1-3H3,(H,16,18). The highest BCUT2D eigenvalue weighted by Gasteiger charge is 2.14. The maximum absolute atomic E-state index is 11.7. The molecule has 1 unspecified atom stereocenters. The Balaban J connectivity index is 2.72. The van der Waals surface area contributed by atoms with Crippen molar-refractivity contribution in [2.24, 2.45) is 0 Å². The summed E-state index contributed by atoms with van der Waals surface area (Å²) >= 11 is 12.1. The first-order valence-electron chi connectivity index (χ1n) is 5.95. The van der Waals surface area contributed by atoms with Crippen LogP contribution in [0.3, 0.4) is 0 Å². The average Bonchev–Trinajstić information content (AvgIpc) is 2.32. The molecule has 5 heteroatoms. The Morgan fingerprint density at radius 2 is 2.00 bits per heavy atom. The average molecular weight is 289 g/mol. The number of carbonyl (C=O) groups is 1. The first kappa shape index (κ1) is 15.1. The fraction of sp³-hybridized carbons (Fsp3) is 0.462. The van der Waals surface area contributed by atoms with Crippen molar-refractivity contribution in [3.8, 4) is 0 Å². The number of hydrogen-bond donors (Lipinski definition) is 2. The minimum Gasteiger partial charge on any atom is -0.373 e. The first-order chi connectivity index (χ1) is 8.45. The first-order valence-corrected chi connectivity index (χ1v) is 6.71. The van der Waals surface area contributed by atoms with Gasteiger partial charge in [-0.2, -0.15) is 0 Å². The topological polar surface area (TPSA) is 41.1 Å². The van der Waals surface area contributed by atoms with E-state index in [9.17, 15) is 4.79 Å². The van der Waals surface area contributed by atoms with E-state index in [1.807, 2.05) is 13.8 Å². The second-order valence-electron chi connectivity index (χ2n) is 4.24. The number of aryl methyl sites for hydroxylation is 1. The molecule has 1 aromatic carbocycles. The number of anilines is 1. The van der Waals surface area contributed by atoms with Crippen molar-refractivity contribution in [1.82, 2.24) is 5.32 Å². The summed E-state index contributed by atoms with van der Waals surface area (Å²) in [6.45, 7) is 6.35. The van der Waals surface area contributed by atoms with E-state index in [4.69, 9.17) is 23.2 Å². The largest absolute Gasteiger partial charge is 0.373 e. The summed E-state index contributed by atoms with van der Waals surface area (Å²) in [5.74, 6) is -0.0513. The summed E-state index contributed by atoms with van der Waals surface area (Å²) in [5, 5.41) is 7.07. The molecule has 0 bridgehead atoms. The van der Waals surface area contributed by atoms with Gasteiger partial charge in [0.15, 0.2) is 0 Å². The van der Waals surface area contributed by atoms with E-state index < -0.39 is 0 Å². The molecule has 0 radical (unpaired) electrons. The number of rotatable bonds is 5. The van der Waals surface area contributed by atoms with Crippen molar-refractivity contribution in [3.63, 3.8) is 0 Å². The third kappa shape index (κ3) is 4.07. The van der Waals surface area contributed by atoms with Crippen LogP contribution in [-0.2, 0) is 4.79 Å². The lowest BCUT2D eigenvalue weighted by Crippen LogP contribution is -2.37. The van der Waals surface area contributed by atoms with Gasteiger partial charge in [0.1, 0.15) is 6.04 Å². The van der Waals surface area contributed by atoms with Gasteiger partial charge in [-0.05, 0) is 38.0 Å². The molecule has 0 aliphatic rings. The lowest BCUT2D eigenvalue weighted by atomic mass is 10.2. The summed E-state index contributed by atoms with van der Waals surface area (Å²) in [6, 6.07) is 3.17. The molecule has 2 N–H and O–H groups in total. The normalized spacial score (nSPS) is 12.1. The van der Waals surface area contributed by atoms with Crippen molar-refractivity contribution in [1.29, 1.82) is 0 Å². The van der Waals surface area contributed by atoms with E-state index in [1.165, 1.54) is 0 Å². The molecule has 1 rings (SSSR count). The molecular weight excluding hydrogens is 271 g/mol. The van der Waals surface area contributed by atoms with E-state index in [0.717, 1.165) is 12.0 Å². The lowest BCUT2D eigenvalue weighted by Gasteiger charge is -2.16. The van der Waals surface area contributed by atoms with Crippen LogP contribution in [0.4, 0.5) is 5.69 Å². The van der Waals surface area contributed by atoms with Crippen molar-refractivity contribution in [2.45, 2.75) is 33.2 Å². The summed E-state index contributed by atoms with van der Waals surface area (Å²) in [4.78, 5) is 11.7. The molecular formula is C13H18Cl2N2O. The van der Waals surface area contributed by atoms with Crippen molar-refractivity contribution in [3.05, 3.63) is 27.7 Å². The maximum atomic E-state index is 11.7. The van der Waals surface area contributed by atoms with E-state index in [0.29, 0.717) is 22.3 Å². The van der Waals surface area contributed by atoms with Crippen LogP contribution in [0.5, 0.6) is 0 Å². The van der Waals surface area contributed by atoms with Crippen LogP contribution in [0.2, 0.25) is 10.0 Å². The van der Waals surface area contributed by atoms with E-state index in [-0.39, 0.29) is 11.9 Å². The molecule has 1 atom stereocenters. The number of hydrogen-bond acceptors (Lipinski definition) is 2. The molecule has 0 aromatic heterocycles. The highest BCUT2D eigenvalue weighted by molar-refractivity contribution is 6.35. The van der Waals surface area contributed by atoms with E-state index in [1.54, 1.807) is 19.1 Å². The number of halogens is 2. The smallest absolute Gasteiger partial charge is 0.242 e. The van der Waals surface area contributed by atoms with Crippen molar-refractivity contribution in [2.75, 3.05) is 11.9 Å². The zero-order valence-electron chi connectivity index (χ0n) is 10.8. The predicted molar refractivity (Wildman–Crippen MR) is 77.6 cm³/mol. The highest BCUT2D eigenvalue weighted by atomic mass is 35.5.